The van der Waals surface area contributed by atoms with Crippen molar-refractivity contribution in [3.63, 3.8) is 0 Å². The molecule has 4 rings (SSSR count). The molecule has 208 valence electrons. The molecule has 0 spiro atoms. The van der Waals surface area contributed by atoms with Crippen LogP contribution in [0.4, 0.5) is 0 Å². The number of carbonyl (C=O) groups excluding carboxylic acids is 2. The Kier molecular flexibility index (Phi) is 8.52. The summed E-state index contributed by atoms with van der Waals surface area (Å²) in [6.07, 6.45) is -0.591. The van der Waals surface area contributed by atoms with E-state index in [0.29, 0.717) is 10.8 Å². The molecule has 1 aliphatic rings. The first-order chi connectivity index (χ1) is 18.4. The molecule has 0 radical (unpaired) electrons. The minimum atomic E-state index is -0.775. The van der Waals surface area contributed by atoms with Gasteiger partial charge in [0.1, 0.15) is 17.7 Å². The molecule has 3 aromatic rings. The van der Waals surface area contributed by atoms with Crippen LogP contribution in [0.3, 0.4) is 0 Å². The Hall–Kier alpha value is -3.16. The second kappa shape index (κ2) is 11.5. The van der Waals surface area contributed by atoms with E-state index in [-0.39, 0.29) is 42.2 Å². The molecule has 0 aliphatic carbocycles. The fraction of sp³-hybridized carbons (Fsp3) is 0.452. The smallest absolute Gasteiger partial charge is 0.243 e. The Morgan fingerprint density at radius 1 is 1.10 bits per heavy atom. The van der Waals surface area contributed by atoms with Gasteiger partial charge in [-0.25, -0.2) is 0 Å². The van der Waals surface area contributed by atoms with Crippen molar-refractivity contribution in [3.8, 4) is 11.1 Å². The number of aliphatic hydroxyl groups excluding tert-OH is 1. The number of benzene rings is 2. The molecular weight excluding hydrogens is 514 g/mol. The second-order valence-electron chi connectivity index (χ2n) is 11.8. The lowest BCUT2D eigenvalue weighted by Gasteiger charge is -2.29. The molecule has 8 heteroatoms. The summed E-state index contributed by atoms with van der Waals surface area (Å²) in [6, 6.07) is 16.3. The Labute approximate surface area is 235 Å². The molecule has 0 unspecified atom stereocenters. The Balaban J connectivity index is 1.49. The first-order valence-corrected chi connectivity index (χ1v) is 13.9. The van der Waals surface area contributed by atoms with Gasteiger partial charge in [-0.05, 0) is 30.0 Å². The first-order valence-electron chi connectivity index (χ1n) is 13.5. The zero-order valence-electron chi connectivity index (χ0n) is 23.4. The van der Waals surface area contributed by atoms with E-state index < -0.39 is 18.1 Å². The van der Waals surface area contributed by atoms with Crippen LogP contribution in [-0.2, 0) is 15.0 Å². The van der Waals surface area contributed by atoms with Gasteiger partial charge in [-0.2, -0.15) is 0 Å². The Bertz CT molecular complexity index is 1310. The Morgan fingerprint density at radius 3 is 2.36 bits per heavy atom. The molecule has 7 nitrogen and oxygen atoms in total. The molecule has 2 N–H and O–H groups in total. The molecule has 39 heavy (non-hydrogen) atoms. The van der Waals surface area contributed by atoms with Crippen LogP contribution in [0.15, 0.2) is 59.1 Å². The minimum Gasteiger partial charge on any atom is -0.391 e. The van der Waals surface area contributed by atoms with Gasteiger partial charge in [0, 0.05) is 35.0 Å². The van der Waals surface area contributed by atoms with Crippen molar-refractivity contribution >= 4 is 23.4 Å². The fourth-order valence-electron chi connectivity index (χ4n) is 5.05. The lowest BCUT2D eigenvalue weighted by molar-refractivity contribution is -0.141. The number of likely N-dealkylation sites (tertiary alicyclic amines) is 1. The quantitative estimate of drug-likeness (QED) is 0.383. The van der Waals surface area contributed by atoms with Crippen LogP contribution in [0.2, 0.25) is 5.02 Å². The van der Waals surface area contributed by atoms with Crippen molar-refractivity contribution in [1.82, 2.24) is 15.4 Å². The number of amides is 2. The van der Waals surface area contributed by atoms with Gasteiger partial charge in [-0.1, -0.05) is 93.8 Å². The molecule has 1 saturated heterocycles. The lowest BCUT2D eigenvalue weighted by atomic mass is 9.88. The van der Waals surface area contributed by atoms with Crippen molar-refractivity contribution in [1.29, 1.82) is 0 Å². The highest BCUT2D eigenvalue weighted by Crippen LogP contribution is 2.34. The number of hydrogen-bond donors (Lipinski definition) is 2. The van der Waals surface area contributed by atoms with Crippen LogP contribution in [0, 0.1) is 5.92 Å². The molecule has 2 aromatic carbocycles. The van der Waals surface area contributed by atoms with Gasteiger partial charge >= 0.3 is 0 Å². The number of carbonyl (C=O) groups is 2. The average Bonchev–Trinajstić information content (AvgIpc) is 3.51. The zero-order valence-corrected chi connectivity index (χ0v) is 24.2. The van der Waals surface area contributed by atoms with E-state index >= 15 is 0 Å². The normalized spacial score (nSPS) is 19.3. The predicted octanol–water partition coefficient (Wildman–Crippen LogP) is 5.87. The third kappa shape index (κ3) is 6.36. The summed E-state index contributed by atoms with van der Waals surface area (Å²) in [4.78, 5) is 28.7. The molecule has 2 heterocycles. The maximum atomic E-state index is 13.8. The SMILES string of the molecule is CC(C)[C@@H](C(=O)N1C[C@H](O)C[C@H]1C(=O)N[C@@H](C)c1ccc(-c2ccccc2Cl)cc1)c1cc(C(C)(C)C)no1. The first kappa shape index (κ1) is 28.8. The highest BCUT2D eigenvalue weighted by Gasteiger charge is 2.43. The van der Waals surface area contributed by atoms with Crippen molar-refractivity contribution in [2.45, 2.75) is 77.5 Å². The molecule has 1 fully saturated rings. The number of aliphatic hydroxyl groups is 1. The number of halogens is 1. The molecule has 0 bridgehead atoms. The highest BCUT2D eigenvalue weighted by molar-refractivity contribution is 6.33. The van der Waals surface area contributed by atoms with Crippen LogP contribution >= 0.6 is 11.6 Å². The van der Waals surface area contributed by atoms with Crippen LogP contribution in [0.1, 0.15) is 76.9 Å². The van der Waals surface area contributed by atoms with Gasteiger partial charge in [0.25, 0.3) is 0 Å². The number of nitrogens with zero attached hydrogens (tertiary/aromatic N) is 2. The van der Waals surface area contributed by atoms with Crippen LogP contribution in [0.5, 0.6) is 0 Å². The van der Waals surface area contributed by atoms with Gasteiger partial charge in [-0.15, -0.1) is 0 Å². The number of β-amino-alcohol motifs (C(OH)–C–C–N with tert-alkyl or cyclic N) is 1. The van der Waals surface area contributed by atoms with Gasteiger partial charge in [0.2, 0.25) is 11.8 Å². The van der Waals surface area contributed by atoms with Crippen molar-refractivity contribution in [2.24, 2.45) is 5.92 Å². The number of nitrogens with one attached hydrogen (secondary N) is 1. The third-order valence-corrected chi connectivity index (χ3v) is 7.68. The molecule has 0 saturated carbocycles. The maximum absolute atomic E-state index is 13.8. The van der Waals surface area contributed by atoms with Crippen LogP contribution in [0.25, 0.3) is 11.1 Å². The molecule has 1 aliphatic heterocycles. The molecule has 2 amide bonds. The van der Waals surface area contributed by atoms with E-state index in [1.165, 1.54) is 4.90 Å². The number of aromatic nitrogens is 1. The number of rotatable bonds is 7. The fourth-order valence-corrected chi connectivity index (χ4v) is 5.29. The average molecular weight is 552 g/mol. The van der Waals surface area contributed by atoms with Crippen molar-refractivity contribution in [2.75, 3.05) is 6.54 Å². The summed E-state index contributed by atoms with van der Waals surface area (Å²) in [5.74, 6) is -0.750. The van der Waals surface area contributed by atoms with Crippen LogP contribution in [-0.4, -0.2) is 45.7 Å². The summed E-state index contributed by atoms with van der Waals surface area (Å²) in [6.45, 7) is 12.0. The van der Waals surface area contributed by atoms with E-state index in [1.807, 2.05) is 96.1 Å². The number of hydrogen-bond acceptors (Lipinski definition) is 5. The Morgan fingerprint density at radius 2 is 1.77 bits per heavy atom. The summed E-state index contributed by atoms with van der Waals surface area (Å²) in [5.41, 5.74) is 3.39. The van der Waals surface area contributed by atoms with Crippen molar-refractivity contribution in [3.05, 3.63) is 76.6 Å². The van der Waals surface area contributed by atoms with Crippen molar-refractivity contribution < 1.29 is 19.2 Å². The van der Waals surface area contributed by atoms with E-state index in [1.54, 1.807) is 0 Å². The highest BCUT2D eigenvalue weighted by atomic mass is 35.5. The van der Waals surface area contributed by atoms with Gasteiger partial charge < -0.3 is 19.8 Å². The lowest BCUT2D eigenvalue weighted by Crippen LogP contribution is -2.48. The summed E-state index contributed by atoms with van der Waals surface area (Å²) in [7, 11) is 0. The van der Waals surface area contributed by atoms with Gasteiger partial charge in [0.05, 0.1) is 17.8 Å². The third-order valence-electron chi connectivity index (χ3n) is 7.36. The summed E-state index contributed by atoms with van der Waals surface area (Å²) >= 11 is 6.34. The van der Waals surface area contributed by atoms with E-state index in [2.05, 4.69) is 10.5 Å². The minimum absolute atomic E-state index is 0.0877. The van der Waals surface area contributed by atoms with Gasteiger partial charge in [-0.3, -0.25) is 9.59 Å². The second-order valence-corrected chi connectivity index (χ2v) is 12.2. The summed E-state index contributed by atoms with van der Waals surface area (Å²) in [5, 5.41) is 18.4. The topological polar surface area (TPSA) is 95.7 Å². The predicted molar refractivity (Wildman–Crippen MR) is 152 cm³/mol. The van der Waals surface area contributed by atoms with E-state index in [4.69, 9.17) is 16.1 Å². The zero-order chi connectivity index (χ0) is 28.5. The maximum Gasteiger partial charge on any atom is 0.243 e. The van der Waals surface area contributed by atoms with Crippen LogP contribution < -0.4 is 5.32 Å². The molecule has 4 atom stereocenters. The van der Waals surface area contributed by atoms with E-state index in [0.717, 1.165) is 22.4 Å². The monoisotopic (exact) mass is 551 g/mol. The largest absolute Gasteiger partial charge is 0.391 e. The summed E-state index contributed by atoms with van der Waals surface area (Å²) < 4.78 is 5.62. The standard InChI is InChI=1S/C31H38ClN3O4/c1-18(2)28(26-16-27(34-39-26)31(4,5)6)30(38)35-17-22(36)15-25(35)29(37)33-19(3)20-11-13-21(14-12-20)23-9-7-8-10-24(23)32/h7-14,16,18-19,22,25,28,36H,15,17H2,1-6H3,(H,33,37)/t19-,22+,25-,28+/m0/s1. The van der Waals surface area contributed by atoms with E-state index in [9.17, 15) is 14.7 Å². The van der Waals surface area contributed by atoms with Gasteiger partial charge in [0.15, 0.2) is 0 Å². The molecule has 1 aromatic heterocycles. The molecular formula is C31H38ClN3O4.